The highest BCUT2D eigenvalue weighted by Gasteiger charge is 2.31. The van der Waals surface area contributed by atoms with Crippen molar-refractivity contribution < 1.29 is 27.1 Å². The second-order valence-electron chi connectivity index (χ2n) is 7.40. The number of halogens is 4. The van der Waals surface area contributed by atoms with Gasteiger partial charge < -0.3 is 10.1 Å². The summed E-state index contributed by atoms with van der Waals surface area (Å²) < 4.78 is 57.2. The first-order valence-electron chi connectivity index (χ1n) is 8.13. The van der Waals surface area contributed by atoms with E-state index in [1.165, 1.54) is 0 Å². The van der Waals surface area contributed by atoms with Crippen molar-refractivity contribution in [3.05, 3.63) is 35.1 Å². The van der Waals surface area contributed by atoms with Crippen LogP contribution in [0.1, 0.15) is 52.2 Å². The summed E-state index contributed by atoms with van der Waals surface area (Å²) in [6.07, 6.45) is -4.43. The zero-order valence-electron chi connectivity index (χ0n) is 15.1. The Morgan fingerprint density at radius 2 is 1.80 bits per heavy atom. The lowest BCUT2D eigenvalue weighted by atomic mass is 9.93. The van der Waals surface area contributed by atoms with Gasteiger partial charge in [-0.05, 0) is 70.2 Å². The molecule has 0 fully saturated rings. The molecule has 0 saturated heterocycles. The minimum absolute atomic E-state index is 0.0202. The van der Waals surface area contributed by atoms with Crippen LogP contribution in [0.4, 0.5) is 22.4 Å². The Bertz CT molecular complexity index is 594. The van der Waals surface area contributed by atoms with Crippen molar-refractivity contribution in [2.45, 2.75) is 65.3 Å². The quantitative estimate of drug-likeness (QED) is 0.719. The Morgan fingerprint density at radius 3 is 2.32 bits per heavy atom. The van der Waals surface area contributed by atoms with Gasteiger partial charge in [0, 0.05) is 6.04 Å². The molecule has 1 rings (SSSR count). The van der Waals surface area contributed by atoms with Crippen LogP contribution in [0.15, 0.2) is 18.2 Å². The molecule has 25 heavy (non-hydrogen) atoms. The van der Waals surface area contributed by atoms with Crippen molar-refractivity contribution in [2.75, 3.05) is 0 Å². The monoisotopic (exact) mass is 363 g/mol. The van der Waals surface area contributed by atoms with Crippen molar-refractivity contribution in [1.29, 1.82) is 0 Å². The van der Waals surface area contributed by atoms with Gasteiger partial charge in [0.25, 0.3) is 0 Å². The van der Waals surface area contributed by atoms with Gasteiger partial charge in [0.2, 0.25) is 0 Å². The molecule has 0 aliphatic carbocycles. The molecule has 2 atom stereocenters. The van der Waals surface area contributed by atoms with Gasteiger partial charge in [-0.25, -0.2) is 9.18 Å². The van der Waals surface area contributed by atoms with E-state index in [1.54, 1.807) is 34.6 Å². The summed E-state index contributed by atoms with van der Waals surface area (Å²) >= 11 is 0. The fourth-order valence-corrected chi connectivity index (χ4v) is 2.54. The summed E-state index contributed by atoms with van der Waals surface area (Å²) in [6.45, 7) is 8.80. The molecule has 7 heteroatoms. The average molecular weight is 363 g/mol. The zero-order valence-corrected chi connectivity index (χ0v) is 15.1. The number of carbonyl (C=O) groups excluding carboxylic acids is 1. The normalized spacial score (nSPS) is 14.8. The van der Waals surface area contributed by atoms with Crippen molar-refractivity contribution >= 4 is 6.09 Å². The first-order chi connectivity index (χ1) is 11.3. The van der Waals surface area contributed by atoms with Crippen LogP contribution < -0.4 is 5.32 Å². The maximum Gasteiger partial charge on any atom is 0.416 e. The van der Waals surface area contributed by atoms with E-state index in [9.17, 15) is 22.4 Å². The number of ether oxygens (including phenoxy) is 1. The lowest BCUT2D eigenvalue weighted by Crippen LogP contribution is -2.38. The number of carbonyl (C=O) groups is 1. The smallest absolute Gasteiger partial charge is 0.416 e. The third-order valence-electron chi connectivity index (χ3n) is 3.46. The van der Waals surface area contributed by atoms with E-state index < -0.39 is 29.3 Å². The van der Waals surface area contributed by atoms with Crippen LogP contribution in [0, 0.1) is 11.7 Å². The van der Waals surface area contributed by atoms with E-state index in [4.69, 9.17) is 4.74 Å². The number of benzene rings is 1. The Kier molecular flexibility index (Phi) is 6.85. The highest BCUT2D eigenvalue weighted by molar-refractivity contribution is 5.68. The molecule has 0 aliphatic rings. The number of alkyl carbamates (subject to hydrolysis) is 1. The molecular formula is C18H25F4NO2. The van der Waals surface area contributed by atoms with E-state index in [2.05, 4.69) is 5.32 Å². The van der Waals surface area contributed by atoms with E-state index in [0.29, 0.717) is 6.42 Å². The summed E-state index contributed by atoms with van der Waals surface area (Å²) in [5, 5.41) is 2.67. The van der Waals surface area contributed by atoms with Crippen molar-refractivity contribution in [3.8, 4) is 0 Å². The molecule has 1 aromatic carbocycles. The number of rotatable bonds is 5. The van der Waals surface area contributed by atoms with Gasteiger partial charge in [-0.1, -0.05) is 6.92 Å². The number of hydrogen-bond acceptors (Lipinski definition) is 2. The van der Waals surface area contributed by atoms with Crippen molar-refractivity contribution in [2.24, 2.45) is 5.92 Å². The predicted molar refractivity (Wildman–Crippen MR) is 87.7 cm³/mol. The van der Waals surface area contributed by atoms with E-state index in [1.807, 2.05) is 0 Å². The SMILES string of the molecule is C[C@@H](Cc1cc(C(F)(F)F)ccc1F)C[C@H](C)NC(=O)OC(C)(C)C. The molecule has 0 bridgehead atoms. The largest absolute Gasteiger partial charge is 0.444 e. The maximum absolute atomic E-state index is 13.8. The molecule has 0 aliphatic heterocycles. The van der Waals surface area contributed by atoms with Crippen LogP contribution >= 0.6 is 0 Å². The van der Waals surface area contributed by atoms with Gasteiger partial charge in [0.1, 0.15) is 11.4 Å². The maximum atomic E-state index is 13.8. The van der Waals surface area contributed by atoms with E-state index in [0.717, 1.165) is 18.2 Å². The third-order valence-corrected chi connectivity index (χ3v) is 3.46. The van der Waals surface area contributed by atoms with Crippen LogP contribution in [0.2, 0.25) is 0 Å². The number of alkyl halides is 3. The average Bonchev–Trinajstić information content (AvgIpc) is 2.36. The molecule has 0 aromatic heterocycles. The Morgan fingerprint density at radius 1 is 1.20 bits per heavy atom. The van der Waals surface area contributed by atoms with E-state index in [-0.39, 0.29) is 23.9 Å². The fraction of sp³-hybridized carbons (Fsp3) is 0.611. The molecule has 142 valence electrons. The molecule has 1 N–H and O–H groups in total. The molecule has 1 aromatic rings. The summed E-state index contributed by atoms with van der Waals surface area (Å²) in [5.41, 5.74) is -1.46. The third kappa shape index (κ3) is 7.75. The van der Waals surface area contributed by atoms with Gasteiger partial charge in [-0.15, -0.1) is 0 Å². The van der Waals surface area contributed by atoms with Crippen molar-refractivity contribution in [1.82, 2.24) is 5.32 Å². The molecule has 1 amide bonds. The number of nitrogens with one attached hydrogen (secondary N) is 1. The Hall–Kier alpha value is -1.79. The highest BCUT2D eigenvalue weighted by Crippen LogP contribution is 2.31. The van der Waals surface area contributed by atoms with Gasteiger partial charge in [-0.3, -0.25) is 0 Å². The fourth-order valence-electron chi connectivity index (χ4n) is 2.54. The van der Waals surface area contributed by atoms with Gasteiger partial charge in [-0.2, -0.15) is 13.2 Å². The molecule has 0 spiro atoms. The predicted octanol–water partition coefficient (Wildman–Crippen LogP) is 5.33. The second kappa shape index (κ2) is 8.06. The Balaban J connectivity index is 2.65. The lowest BCUT2D eigenvalue weighted by Gasteiger charge is -2.23. The number of hydrogen-bond donors (Lipinski definition) is 1. The molecule has 3 nitrogen and oxygen atoms in total. The molecule has 0 unspecified atom stereocenters. The minimum Gasteiger partial charge on any atom is -0.444 e. The van der Waals surface area contributed by atoms with Gasteiger partial charge in [0.15, 0.2) is 0 Å². The number of amides is 1. The summed E-state index contributed by atoms with van der Waals surface area (Å²) in [6, 6.07) is 2.17. The van der Waals surface area contributed by atoms with Crippen LogP contribution in [-0.4, -0.2) is 17.7 Å². The first-order valence-corrected chi connectivity index (χ1v) is 8.13. The van der Waals surface area contributed by atoms with E-state index >= 15 is 0 Å². The summed E-state index contributed by atoms with van der Waals surface area (Å²) in [5.74, 6) is -0.782. The molecule has 0 heterocycles. The van der Waals surface area contributed by atoms with Crippen LogP contribution in [0.25, 0.3) is 0 Å². The summed E-state index contributed by atoms with van der Waals surface area (Å²) in [4.78, 5) is 11.7. The topological polar surface area (TPSA) is 38.3 Å². The van der Waals surface area contributed by atoms with Gasteiger partial charge in [0.05, 0.1) is 5.56 Å². The minimum atomic E-state index is -4.50. The summed E-state index contributed by atoms with van der Waals surface area (Å²) in [7, 11) is 0. The van der Waals surface area contributed by atoms with Crippen LogP contribution in [-0.2, 0) is 17.3 Å². The molecular weight excluding hydrogens is 338 g/mol. The Labute approximate surface area is 145 Å². The molecule has 0 saturated carbocycles. The highest BCUT2D eigenvalue weighted by atomic mass is 19.4. The zero-order chi connectivity index (χ0) is 19.4. The molecule has 0 radical (unpaired) electrons. The standard InChI is InChI=1S/C18H25F4NO2/c1-11(8-12(2)23-16(24)25-17(3,4)5)9-13-10-14(18(20,21)22)6-7-15(13)19/h6-7,10-12H,8-9H2,1-5H3,(H,23,24)/t11-,12+/m1/s1. The van der Waals surface area contributed by atoms with Crippen LogP contribution in [0.5, 0.6) is 0 Å². The lowest BCUT2D eigenvalue weighted by molar-refractivity contribution is -0.137. The van der Waals surface area contributed by atoms with Gasteiger partial charge >= 0.3 is 12.3 Å². The van der Waals surface area contributed by atoms with Crippen molar-refractivity contribution in [3.63, 3.8) is 0 Å². The second-order valence-corrected chi connectivity index (χ2v) is 7.40. The van der Waals surface area contributed by atoms with Crippen LogP contribution in [0.3, 0.4) is 0 Å². The first kappa shape index (κ1) is 21.3.